The summed E-state index contributed by atoms with van der Waals surface area (Å²) in [5.74, 6) is -2.97. The Morgan fingerprint density at radius 1 is 0.750 bits per heavy atom. The number of hydrogen-bond acceptors (Lipinski definition) is 8. The van der Waals surface area contributed by atoms with Gasteiger partial charge in [-0.3, -0.25) is 24.2 Å². The number of carboxylic acid groups (broad SMARTS) is 3. The van der Waals surface area contributed by atoms with Crippen molar-refractivity contribution in [2.45, 2.75) is 13.0 Å². The van der Waals surface area contributed by atoms with Crippen LogP contribution in [0.15, 0.2) is 12.4 Å². The Morgan fingerprint density at radius 2 is 1.14 bits per heavy atom. The van der Waals surface area contributed by atoms with Crippen LogP contribution in [0.3, 0.4) is 0 Å². The van der Waals surface area contributed by atoms with Gasteiger partial charge in [0.2, 0.25) is 0 Å². The van der Waals surface area contributed by atoms with E-state index in [1.807, 2.05) is 4.90 Å². The number of rotatable bonds is 8. The Labute approximate surface area is 164 Å². The first kappa shape index (κ1) is 23.7. The minimum atomic E-state index is -1.00. The second-order valence-electron chi connectivity index (χ2n) is 6.85. The zero-order valence-corrected chi connectivity index (χ0v) is 16.1. The van der Waals surface area contributed by atoms with E-state index in [0.717, 1.165) is 0 Å². The molecule has 28 heavy (non-hydrogen) atoms. The van der Waals surface area contributed by atoms with Crippen molar-refractivity contribution in [1.29, 1.82) is 0 Å². The van der Waals surface area contributed by atoms with Crippen LogP contribution in [0.1, 0.15) is 6.92 Å². The van der Waals surface area contributed by atoms with Crippen molar-refractivity contribution in [2.75, 3.05) is 65.4 Å². The van der Waals surface area contributed by atoms with Crippen LogP contribution >= 0.6 is 0 Å². The molecular weight excluding hydrogens is 372 g/mol. The summed E-state index contributed by atoms with van der Waals surface area (Å²) in [6, 6.07) is 0. The molecule has 0 saturated heterocycles. The summed E-state index contributed by atoms with van der Waals surface area (Å²) in [7, 11) is 0. The molecule has 0 aromatic carbocycles. The molecule has 11 heteroatoms. The minimum absolute atomic E-state index is 0.168. The van der Waals surface area contributed by atoms with Crippen molar-refractivity contribution in [1.82, 2.24) is 19.6 Å². The third-order valence-corrected chi connectivity index (χ3v) is 4.18. The van der Waals surface area contributed by atoms with E-state index in [-0.39, 0.29) is 19.6 Å². The molecule has 0 amide bonds. The monoisotopic (exact) mass is 402 g/mol. The van der Waals surface area contributed by atoms with Gasteiger partial charge < -0.3 is 30.2 Å². The summed E-state index contributed by atoms with van der Waals surface area (Å²) in [6.07, 6.45) is 2.68. The molecule has 0 fully saturated rings. The first-order chi connectivity index (χ1) is 13.2. The summed E-state index contributed by atoms with van der Waals surface area (Å²) >= 11 is 0. The highest BCUT2D eigenvalue weighted by molar-refractivity contribution is 5.70. The highest BCUT2D eigenvalue weighted by Crippen LogP contribution is 2.03. The topological polar surface area (TPSA) is 145 Å². The average Bonchev–Trinajstić information content (AvgIpc) is 2.55. The molecule has 0 bridgehead atoms. The quantitative estimate of drug-likeness (QED) is 0.369. The molecule has 1 heterocycles. The van der Waals surface area contributed by atoms with Crippen LogP contribution in [0, 0.1) is 0 Å². The van der Waals surface area contributed by atoms with Gasteiger partial charge in [0, 0.05) is 58.2 Å². The molecule has 0 aromatic heterocycles. The van der Waals surface area contributed by atoms with Crippen LogP contribution in [0.4, 0.5) is 0 Å². The van der Waals surface area contributed by atoms with Crippen LogP contribution in [-0.4, -0.2) is 129 Å². The second-order valence-corrected chi connectivity index (χ2v) is 6.85. The summed E-state index contributed by atoms with van der Waals surface area (Å²) in [6.45, 7) is 3.53. The fourth-order valence-corrected chi connectivity index (χ4v) is 2.88. The number of aliphatic hydroxyl groups excluding tert-OH is 1. The smallest absolute Gasteiger partial charge is 0.323 e. The molecule has 4 N–H and O–H groups in total. The van der Waals surface area contributed by atoms with Gasteiger partial charge >= 0.3 is 17.9 Å². The number of aliphatic carboxylic acids is 3. The lowest BCUT2D eigenvalue weighted by Gasteiger charge is -2.31. The van der Waals surface area contributed by atoms with E-state index in [9.17, 15) is 19.5 Å². The largest absolute Gasteiger partial charge is 0.480 e. The molecule has 1 unspecified atom stereocenters. The van der Waals surface area contributed by atoms with Crippen molar-refractivity contribution in [3.8, 4) is 0 Å². The average molecular weight is 402 g/mol. The number of carboxylic acids is 3. The Hall–Kier alpha value is -2.37. The van der Waals surface area contributed by atoms with E-state index in [0.29, 0.717) is 45.8 Å². The van der Waals surface area contributed by atoms with Crippen LogP contribution in [0.5, 0.6) is 0 Å². The number of carbonyl (C=O) groups is 3. The summed E-state index contributed by atoms with van der Waals surface area (Å²) in [5.41, 5.74) is 0. The molecule has 0 aromatic rings. The maximum atomic E-state index is 11.1. The van der Waals surface area contributed by atoms with E-state index in [1.54, 1.807) is 34.0 Å². The molecule has 160 valence electrons. The zero-order valence-electron chi connectivity index (χ0n) is 16.1. The molecule has 1 aliphatic rings. The van der Waals surface area contributed by atoms with Crippen molar-refractivity contribution >= 4 is 17.9 Å². The Kier molecular flexibility index (Phi) is 10.3. The van der Waals surface area contributed by atoms with Gasteiger partial charge in [-0.1, -0.05) is 0 Å². The maximum Gasteiger partial charge on any atom is 0.323 e. The number of aliphatic hydroxyl groups is 1. The number of nitrogens with zero attached hydrogens (tertiary/aromatic N) is 4. The van der Waals surface area contributed by atoms with Crippen LogP contribution in [0.25, 0.3) is 0 Å². The fraction of sp³-hybridized carbons (Fsp3) is 0.706. The third-order valence-electron chi connectivity index (χ3n) is 4.18. The van der Waals surface area contributed by atoms with E-state index >= 15 is 0 Å². The van der Waals surface area contributed by atoms with Gasteiger partial charge in [-0.05, 0) is 6.92 Å². The highest BCUT2D eigenvalue weighted by atomic mass is 16.4. The van der Waals surface area contributed by atoms with Crippen molar-refractivity contribution in [3.63, 3.8) is 0 Å². The molecule has 0 saturated carbocycles. The van der Waals surface area contributed by atoms with E-state index in [4.69, 9.17) is 15.3 Å². The normalized spacial score (nSPS) is 18.9. The number of hydrogen-bond donors (Lipinski definition) is 4. The van der Waals surface area contributed by atoms with Gasteiger partial charge in [-0.15, -0.1) is 0 Å². The Bertz CT molecular complexity index is 556. The standard InChI is InChI=1S/C17H30N4O7/c1-14(22)10-18-2-4-19(11-15(23)24)6-8-21(13-17(27)28)9-7-20(5-3-18)12-16(25)26/h2,4,14,22H,3,5-13H2,1H3,(H,23,24)(H,25,26)(H,27,28). The molecular formula is C17H30N4O7. The molecule has 1 atom stereocenters. The molecule has 0 spiro atoms. The minimum Gasteiger partial charge on any atom is -0.480 e. The molecule has 1 aliphatic heterocycles. The molecule has 0 radical (unpaired) electrons. The van der Waals surface area contributed by atoms with Gasteiger partial charge in [0.05, 0.1) is 19.2 Å². The Morgan fingerprint density at radius 3 is 1.57 bits per heavy atom. The van der Waals surface area contributed by atoms with Gasteiger partial charge in [-0.25, -0.2) is 0 Å². The molecule has 1 rings (SSSR count). The molecule has 11 nitrogen and oxygen atoms in total. The van der Waals surface area contributed by atoms with Crippen LogP contribution in [0.2, 0.25) is 0 Å². The second kappa shape index (κ2) is 12.2. The lowest BCUT2D eigenvalue weighted by atomic mass is 10.3. The van der Waals surface area contributed by atoms with Crippen molar-refractivity contribution in [3.05, 3.63) is 12.4 Å². The van der Waals surface area contributed by atoms with Gasteiger partial charge in [-0.2, -0.15) is 0 Å². The lowest BCUT2D eigenvalue weighted by Crippen LogP contribution is -2.45. The molecule has 0 aliphatic carbocycles. The summed E-state index contributed by atoms with van der Waals surface area (Å²) in [5, 5.41) is 37.0. The van der Waals surface area contributed by atoms with E-state index in [1.165, 1.54) is 0 Å². The van der Waals surface area contributed by atoms with E-state index in [2.05, 4.69) is 0 Å². The maximum absolute atomic E-state index is 11.1. The van der Waals surface area contributed by atoms with Crippen LogP contribution < -0.4 is 0 Å². The Balaban J connectivity index is 2.99. The third kappa shape index (κ3) is 10.7. The first-order valence-corrected chi connectivity index (χ1v) is 9.10. The van der Waals surface area contributed by atoms with Gasteiger partial charge in [0.15, 0.2) is 0 Å². The highest BCUT2D eigenvalue weighted by Gasteiger charge is 2.18. The van der Waals surface area contributed by atoms with Crippen molar-refractivity contribution < 1.29 is 34.8 Å². The fourth-order valence-electron chi connectivity index (χ4n) is 2.88. The number of β-amino-alcohol motifs (C(OH)–C–C–N with tert-alkyl or cyclic N) is 1. The zero-order chi connectivity index (χ0) is 21.1. The SMILES string of the molecule is CC(O)CN1C=CN(CC(=O)O)CCN(CC(=O)O)CCN(CC(=O)O)CC1. The van der Waals surface area contributed by atoms with Crippen LogP contribution in [-0.2, 0) is 14.4 Å². The van der Waals surface area contributed by atoms with Crippen molar-refractivity contribution in [2.24, 2.45) is 0 Å². The predicted octanol–water partition coefficient (Wildman–Crippen LogP) is -1.69. The lowest BCUT2D eigenvalue weighted by molar-refractivity contribution is -0.140. The summed E-state index contributed by atoms with van der Waals surface area (Å²) < 4.78 is 0. The summed E-state index contributed by atoms with van der Waals surface area (Å²) in [4.78, 5) is 40.1. The van der Waals surface area contributed by atoms with E-state index < -0.39 is 24.0 Å². The van der Waals surface area contributed by atoms with Gasteiger partial charge in [0.25, 0.3) is 0 Å². The predicted molar refractivity (Wildman–Crippen MR) is 99.8 cm³/mol. The van der Waals surface area contributed by atoms with Gasteiger partial charge in [0.1, 0.15) is 6.54 Å². The first-order valence-electron chi connectivity index (χ1n) is 9.10.